The number of aromatic nitrogens is 2. The van der Waals surface area contributed by atoms with E-state index in [4.69, 9.17) is 4.98 Å². The summed E-state index contributed by atoms with van der Waals surface area (Å²) in [6.45, 7) is 0. The molecule has 0 unspecified atom stereocenters. The molecular formula is C64H44N4. The Morgan fingerprint density at radius 1 is 0.397 bits per heavy atom. The highest BCUT2D eigenvalue weighted by Gasteiger charge is 2.24. The predicted octanol–water partition coefficient (Wildman–Crippen LogP) is 15.9. The summed E-state index contributed by atoms with van der Waals surface area (Å²) in [5.41, 5.74) is 20.2. The summed E-state index contributed by atoms with van der Waals surface area (Å²) in [5, 5.41) is 15.9. The number of rotatable bonds is 9. The van der Waals surface area contributed by atoms with Crippen LogP contribution in [0.5, 0.6) is 0 Å². The highest BCUT2D eigenvalue weighted by Crippen LogP contribution is 2.39. The van der Waals surface area contributed by atoms with Crippen LogP contribution in [-0.2, 0) is 0 Å². The van der Waals surface area contributed by atoms with E-state index in [2.05, 4.69) is 204 Å². The molecule has 0 radical (unpaired) electrons. The average molecular weight is 869 g/mol. The lowest BCUT2D eigenvalue weighted by molar-refractivity contribution is 1.18. The predicted molar refractivity (Wildman–Crippen MR) is 284 cm³/mol. The first kappa shape index (κ1) is 40.4. The van der Waals surface area contributed by atoms with Crippen LogP contribution >= 0.6 is 0 Å². The van der Waals surface area contributed by atoms with E-state index in [-0.39, 0.29) is 0 Å². The normalized spacial score (nSPS) is 12.9. The van der Waals surface area contributed by atoms with Gasteiger partial charge in [-0.25, -0.2) is 4.98 Å². The number of para-hydroxylation sites is 2. The number of hydrogen-bond donors (Lipinski definition) is 2. The fourth-order valence-corrected chi connectivity index (χ4v) is 9.66. The molecule has 11 aromatic rings. The number of allylic oxidation sites excluding steroid dienone is 1. The summed E-state index contributed by atoms with van der Waals surface area (Å²) in [7, 11) is 0. The molecule has 0 saturated carbocycles. The smallest absolute Gasteiger partial charge is 0.0715 e. The van der Waals surface area contributed by atoms with Crippen LogP contribution in [0.4, 0.5) is 0 Å². The Labute approximate surface area is 396 Å². The first-order valence-corrected chi connectivity index (χ1v) is 23.0. The third kappa shape index (κ3) is 7.50. The summed E-state index contributed by atoms with van der Waals surface area (Å²) in [5.74, 6) is 0. The Morgan fingerprint density at radius 2 is 0.868 bits per heavy atom. The largest absolute Gasteiger partial charge is 0.354 e. The molecular weight excluding hydrogens is 825 g/mol. The number of benzene rings is 9. The molecule has 1 aliphatic heterocycles. The van der Waals surface area contributed by atoms with E-state index in [9.17, 15) is 5.41 Å². The van der Waals surface area contributed by atoms with Crippen molar-refractivity contribution in [2.75, 3.05) is 0 Å². The standard InChI is InChI=1S/C64H44N4/c65-63(49-23-11-4-12-24-49)62(48-21-9-3-10-22-48)64-54-38-35-50(39-52(54)42-59(67-64)46-19-7-2-8-20-46)43-29-31-44(32-30-43)51-40-57(45-17-5-1-6-18-45)66-58(41-51)47-33-36-53(37-34-47)68-60-27-15-13-25-55(60)56-26-14-16-28-61(56)68/h1-42,65,67H/b64-62-,65-63?. The first-order chi connectivity index (χ1) is 33.6. The zero-order chi connectivity index (χ0) is 45.4. The Bertz CT molecular complexity index is 3670. The van der Waals surface area contributed by atoms with Crippen LogP contribution in [0, 0.1) is 5.41 Å². The van der Waals surface area contributed by atoms with Gasteiger partial charge >= 0.3 is 0 Å². The summed E-state index contributed by atoms with van der Waals surface area (Å²) in [4.78, 5) is 5.26. The Morgan fingerprint density at radius 3 is 1.47 bits per heavy atom. The molecule has 4 nitrogen and oxygen atoms in total. The van der Waals surface area contributed by atoms with E-state index in [1.807, 2.05) is 60.7 Å². The van der Waals surface area contributed by atoms with E-state index >= 15 is 0 Å². The lowest BCUT2D eigenvalue weighted by Gasteiger charge is -2.26. The molecule has 0 amide bonds. The summed E-state index contributed by atoms with van der Waals surface area (Å²) < 4.78 is 2.35. The summed E-state index contributed by atoms with van der Waals surface area (Å²) in [6.07, 6.45) is 2.24. The SMILES string of the molecule is N=C(/C(=C1\NC(c2ccccc2)=Cc2cc(-c3ccc(-c4cc(-c5ccccc5)nc(-c5ccc(-n6c7ccccc7c7ccccc76)cc5)c4)cc3)ccc21)c1ccccc1)c1ccccc1. The molecule has 4 heteroatoms. The zero-order valence-corrected chi connectivity index (χ0v) is 37.1. The van der Waals surface area contributed by atoms with Gasteiger partial charge < -0.3 is 9.88 Å². The van der Waals surface area contributed by atoms with Crippen molar-refractivity contribution in [2.45, 2.75) is 0 Å². The third-order valence-electron chi connectivity index (χ3n) is 13.0. The van der Waals surface area contributed by atoms with Gasteiger partial charge in [0.1, 0.15) is 0 Å². The monoisotopic (exact) mass is 868 g/mol. The van der Waals surface area contributed by atoms with Crippen LogP contribution in [0.2, 0.25) is 0 Å². The minimum Gasteiger partial charge on any atom is -0.354 e. The van der Waals surface area contributed by atoms with Gasteiger partial charge in [0.05, 0.1) is 33.8 Å². The lowest BCUT2D eigenvalue weighted by Crippen LogP contribution is -2.20. The van der Waals surface area contributed by atoms with Crippen LogP contribution in [0.1, 0.15) is 27.8 Å². The van der Waals surface area contributed by atoms with Gasteiger partial charge in [0.25, 0.3) is 0 Å². The van der Waals surface area contributed by atoms with Crippen molar-refractivity contribution >= 4 is 50.6 Å². The molecule has 0 fully saturated rings. The maximum Gasteiger partial charge on any atom is 0.0715 e. The van der Waals surface area contributed by atoms with E-state index in [0.29, 0.717) is 5.71 Å². The molecule has 0 atom stereocenters. The highest BCUT2D eigenvalue weighted by atomic mass is 15.0. The fraction of sp³-hybridized carbons (Fsp3) is 0. The first-order valence-electron chi connectivity index (χ1n) is 23.0. The Balaban J connectivity index is 0.924. The van der Waals surface area contributed by atoms with Gasteiger partial charge in [-0.05, 0) is 87.5 Å². The summed E-state index contributed by atoms with van der Waals surface area (Å²) in [6, 6.07) is 87.2. The quantitative estimate of drug-likeness (QED) is 0.142. The summed E-state index contributed by atoms with van der Waals surface area (Å²) >= 11 is 0. The van der Waals surface area contributed by atoms with E-state index in [1.54, 1.807) is 0 Å². The zero-order valence-electron chi connectivity index (χ0n) is 37.1. The molecule has 2 aromatic heterocycles. The van der Waals surface area contributed by atoms with Crippen molar-refractivity contribution in [1.29, 1.82) is 5.41 Å². The van der Waals surface area contributed by atoms with Crippen molar-refractivity contribution in [2.24, 2.45) is 0 Å². The number of nitrogens with one attached hydrogen (secondary N) is 2. The lowest BCUT2D eigenvalue weighted by atomic mass is 9.87. The van der Waals surface area contributed by atoms with Crippen molar-refractivity contribution in [3.63, 3.8) is 0 Å². The average Bonchev–Trinajstić information content (AvgIpc) is 3.76. The molecule has 0 spiro atoms. The second-order valence-electron chi connectivity index (χ2n) is 17.2. The van der Waals surface area contributed by atoms with Crippen molar-refractivity contribution in [3.05, 3.63) is 277 Å². The number of nitrogens with zero attached hydrogens (tertiary/aromatic N) is 2. The molecule has 0 saturated heterocycles. The van der Waals surface area contributed by atoms with Crippen LogP contribution in [0.15, 0.2) is 249 Å². The van der Waals surface area contributed by atoms with Gasteiger partial charge in [-0.15, -0.1) is 0 Å². The molecule has 2 N–H and O–H groups in total. The molecule has 68 heavy (non-hydrogen) atoms. The van der Waals surface area contributed by atoms with Crippen LogP contribution in [0.3, 0.4) is 0 Å². The maximum absolute atomic E-state index is 9.63. The van der Waals surface area contributed by atoms with E-state index in [0.717, 1.165) is 95.2 Å². The van der Waals surface area contributed by atoms with Gasteiger partial charge in [0, 0.05) is 50.0 Å². The molecule has 9 aromatic carbocycles. The van der Waals surface area contributed by atoms with Crippen molar-refractivity contribution in [1.82, 2.24) is 14.9 Å². The second-order valence-corrected chi connectivity index (χ2v) is 17.2. The van der Waals surface area contributed by atoms with E-state index < -0.39 is 0 Å². The van der Waals surface area contributed by atoms with Crippen LogP contribution < -0.4 is 5.32 Å². The van der Waals surface area contributed by atoms with Crippen LogP contribution in [-0.4, -0.2) is 15.3 Å². The van der Waals surface area contributed by atoms with E-state index in [1.165, 1.54) is 21.8 Å². The molecule has 3 heterocycles. The number of hydrogen-bond acceptors (Lipinski definition) is 3. The van der Waals surface area contributed by atoms with Gasteiger partial charge in [0.15, 0.2) is 0 Å². The van der Waals surface area contributed by atoms with Crippen molar-refractivity contribution < 1.29 is 0 Å². The van der Waals surface area contributed by atoms with Gasteiger partial charge in [-0.2, -0.15) is 0 Å². The fourth-order valence-electron chi connectivity index (χ4n) is 9.66. The van der Waals surface area contributed by atoms with Gasteiger partial charge in [0.2, 0.25) is 0 Å². The van der Waals surface area contributed by atoms with Crippen LogP contribution in [0.25, 0.3) is 95.3 Å². The topological polar surface area (TPSA) is 53.7 Å². The maximum atomic E-state index is 9.63. The molecule has 0 aliphatic carbocycles. The highest BCUT2D eigenvalue weighted by molar-refractivity contribution is 6.36. The van der Waals surface area contributed by atoms with Gasteiger partial charge in [-0.3, -0.25) is 5.41 Å². The molecule has 0 bridgehead atoms. The Hall–Kier alpha value is -9.12. The van der Waals surface area contributed by atoms with Gasteiger partial charge in [-0.1, -0.05) is 206 Å². The third-order valence-corrected chi connectivity index (χ3v) is 13.0. The molecule has 12 rings (SSSR count). The number of fused-ring (bicyclic) bond motifs is 4. The Kier molecular flexibility index (Phi) is 10.3. The minimum absolute atomic E-state index is 0.463. The molecule has 320 valence electrons. The molecule has 1 aliphatic rings. The minimum atomic E-state index is 0.463. The number of pyridine rings is 1. The second kappa shape index (κ2) is 17.4. The van der Waals surface area contributed by atoms with Crippen molar-refractivity contribution in [3.8, 4) is 50.5 Å².